The Hall–Kier alpha value is -2.77. The highest BCUT2D eigenvalue weighted by Crippen LogP contribution is 2.22. The molecular weight excluding hydrogens is 254 g/mol. The van der Waals surface area contributed by atoms with E-state index >= 15 is 0 Å². The summed E-state index contributed by atoms with van der Waals surface area (Å²) < 4.78 is 9.66. The maximum absolute atomic E-state index is 11.7. The molecule has 0 unspecified atom stereocenters. The first-order valence-electron chi connectivity index (χ1n) is 5.14. The number of carbonyl (C=O) groups excluding carboxylic acids is 3. The Labute approximate surface area is 108 Å². The van der Waals surface area contributed by atoms with Crippen molar-refractivity contribution in [3.63, 3.8) is 0 Å². The number of hydrogen-bond donors (Lipinski definition) is 3. The van der Waals surface area contributed by atoms with E-state index in [9.17, 15) is 14.4 Å². The average molecular weight is 267 g/mol. The zero-order valence-corrected chi connectivity index (χ0v) is 10.1. The van der Waals surface area contributed by atoms with Crippen LogP contribution in [0, 0.1) is 0 Å². The van der Waals surface area contributed by atoms with Gasteiger partial charge in [0.05, 0.1) is 7.11 Å². The zero-order valence-electron chi connectivity index (χ0n) is 10.1. The molecule has 0 saturated heterocycles. The first-order chi connectivity index (χ1) is 8.93. The van der Waals surface area contributed by atoms with Crippen LogP contribution in [0.25, 0.3) is 0 Å². The highest BCUT2D eigenvalue weighted by Gasteiger charge is 2.15. The highest BCUT2D eigenvalue weighted by atomic mass is 16.5. The molecule has 8 heteroatoms. The molecule has 0 aromatic heterocycles. The van der Waals surface area contributed by atoms with Crippen molar-refractivity contribution in [3.8, 4) is 5.75 Å². The number of nitrogens with two attached hydrogens (primary N) is 2. The standard InChI is InChI=1S/C11H13N3O5/c1-18-8-4-6(12)2-3-7(8)10(16)19-5-9(15)14-11(13)17/h2-4H,5,12H2,1H3,(H3,13,14,15,17). The topological polar surface area (TPSA) is 134 Å². The van der Waals surface area contributed by atoms with Crippen LogP contribution in [0.3, 0.4) is 0 Å². The molecule has 0 aliphatic carbocycles. The highest BCUT2D eigenvalue weighted by molar-refractivity contribution is 5.97. The van der Waals surface area contributed by atoms with Crippen molar-refractivity contribution in [2.24, 2.45) is 5.73 Å². The summed E-state index contributed by atoms with van der Waals surface area (Å²) in [5.41, 5.74) is 10.8. The molecule has 0 radical (unpaired) electrons. The lowest BCUT2D eigenvalue weighted by molar-refractivity contribution is -0.123. The van der Waals surface area contributed by atoms with Crippen molar-refractivity contribution in [1.29, 1.82) is 0 Å². The molecule has 3 amide bonds. The fraction of sp³-hybridized carbons (Fsp3) is 0.182. The smallest absolute Gasteiger partial charge is 0.342 e. The summed E-state index contributed by atoms with van der Waals surface area (Å²) in [6, 6.07) is 3.32. The minimum atomic E-state index is -1.02. The van der Waals surface area contributed by atoms with Crippen LogP contribution in [0.2, 0.25) is 0 Å². The van der Waals surface area contributed by atoms with Crippen LogP contribution in [0.15, 0.2) is 18.2 Å². The predicted molar refractivity (Wildman–Crippen MR) is 65.4 cm³/mol. The van der Waals surface area contributed by atoms with Crippen LogP contribution in [0.4, 0.5) is 10.5 Å². The van der Waals surface area contributed by atoms with Crippen LogP contribution in [0.5, 0.6) is 5.75 Å². The van der Waals surface area contributed by atoms with E-state index in [1.807, 2.05) is 0 Å². The lowest BCUT2D eigenvalue weighted by atomic mass is 10.2. The van der Waals surface area contributed by atoms with Gasteiger partial charge in [-0.1, -0.05) is 0 Å². The number of nitrogens with one attached hydrogen (secondary N) is 1. The number of amides is 3. The van der Waals surface area contributed by atoms with Crippen LogP contribution in [-0.4, -0.2) is 31.6 Å². The molecule has 1 aromatic carbocycles. The maximum Gasteiger partial charge on any atom is 0.342 e. The summed E-state index contributed by atoms with van der Waals surface area (Å²) in [4.78, 5) is 33.1. The van der Waals surface area contributed by atoms with Crippen molar-refractivity contribution in [2.75, 3.05) is 19.5 Å². The molecule has 0 atom stereocenters. The Balaban J connectivity index is 2.68. The summed E-state index contributed by atoms with van der Waals surface area (Å²) >= 11 is 0. The number of primary amides is 1. The largest absolute Gasteiger partial charge is 0.496 e. The fourth-order valence-electron chi connectivity index (χ4n) is 1.26. The molecule has 0 aliphatic heterocycles. The Morgan fingerprint density at radius 2 is 2.00 bits per heavy atom. The second-order valence-corrected chi connectivity index (χ2v) is 3.45. The van der Waals surface area contributed by atoms with Crippen LogP contribution in [0.1, 0.15) is 10.4 Å². The van der Waals surface area contributed by atoms with Crippen LogP contribution < -0.4 is 21.5 Å². The van der Waals surface area contributed by atoms with Crippen molar-refractivity contribution in [2.45, 2.75) is 0 Å². The SMILES string of the molecule is COc1cc(N)ccc1C(=O)OCC(=O)NC(N)=O. The van der Waals surface area contributed by atoms with Crippen LogP contribution >= 0.6 is 0 Å². The molecule has 0 saturated carbocycles. The van der Waals surface area contributed by atoms with E-state index in [0.717, 1.165) is 0 Å². The minimum Gasteiger partial charge on any atom is -0.496 e. The van der Waals surface area contributed by atoms with Gasteiger partial charge in [0, 0.05) is 11.8 Å². The number of esters is 1. The third-order valence-corrected chi connectivity index (χ3v) is 2.04. The molecule has 0 bridgehead atoms. The summed E-state index contributed by atoms with van der Waals surface area (Å²) in [6.45, 7) is -0.630. The van der Waals surface area contributed by atoms with Gasteiger partial charge in [0.2, 0.25) is 0 Å². The summed E-state index contributed by atoms with van der Waals surface area (Å²) in [7, 11) is 1.37. The third-order valence-electron chi connectivity index (χ3n) is 2.04. The van der Waals surface area contributed by atoms with E-state index < -0.39 is 24.5 Å². The number of ether oxygens (including phenoxy) is 2. The molecule has 19 heavy (non-hydrogen) atoms. The van der Waals surface area contributed by atoms with E-state index in [1.54, 1.807) is 5.32 Å². The number of urea groups is 1. The number of imide groups is 1. The first kappa shape index (κ1) is 14.3. The van der Waals surface area contributed by atoms with Gasteiger partial charge in [-0.25, -0.2) is 9.59 Å². The second kappa shape index (κ2) is 6.24. The number of hydrogen-bond acceptors (Lipinski definition) is 6. The van der Waals surface area contributed by atoms with Crippen molar-refractivity contribution in [3.05, 3.63) is 23.8 Å². The Kier molecular flexibility index (Phi) is 4.69. The quantitative estimate of drug-likeness (QED) is 0.503. The molecule has 0 aliphatic rings. The Morgan fingerprint density at radius 3 is 2.58 bits per heavy atom. The first-order valence-corrected chi connectivity index (χ1v) is 5.14. The number of anilines is 1. The van der Waals surface area contributed by atoms with E-state index in [-0.39, 0.29) is 11.3 Å². The van der Waals surface area contributed by atoms with Gasteiger partial charge in [-0.2, -0.15) is 0 Å². The zero-order chi connectivity index (χ0) is 14.4. The number of methoxy groups -OCH3 is 1. The monoisotopic (exact) mass is 267 g/mol. The van der Waals surface area contributed by atoms with Crippen LogP contribution in [-0.2, 0) is 9.53 Å². The van der Waals surface area contributed by atoms with Crippen molar-refractivity contribution >= 4 is 23.6 Å². The third kappa shape index (κ3) is 4.19. The van der Waals surface area contributed by atoms with Gasteiger partial charge >= 0.3 is 12.0 Å². The number of nitrogen functional groups attached to an aromatic ring is 1. The molecule has 8 nitrogen and oxygen atoms in total. The van der Waals surface area contributed by atoms with Gasteiger partial charge in [-0.3, -0.25) is 10.1 Å². The van der Waals surface area contributed by atoms with E-state index in [2.05, 4.69) is 0 Å². The fourth-order valence-corrected chi connectivity index (χ4v) is 1.26. The van der Waals surface area contributed by atoms with Gasteiger partial charge in [0.25, 0.3) is 5.91 Å². The van der Waals surface area contributed by atoms with Crippen molar-refractivity contribution in [1.82, 2.24) is 5.32 Å². The van der Waals surface area contributed by atoms with Gasteiger partial charge in [-0.15, -0.1) is 0 Å². The lowest BCUT2D eigenvalue weighted by Crippen LogP contribution is -2.37. The predicted octanol–water partition coefficient (Wildman–Crippen LogP) is -0.371. The second-order valence-electron chi connectivity index (χ2n) is 3.45. The average Bonchev–Trinajstić information content (AvgIpc) is 2.34. The molecule has 5 N–H and O–H groups in total. The molecule has 0 spiro atoms. The van der Waals surface area contributed by atoms with Gasteiger partial charge in [0.1, 0.15) is 11.3 Å². The normalized spacial score (nSPS) is 9.53. The Bertz CT molecular complexity index is 515. The maximum atomic E-state index is 11.7. The Morgan fingerprint density at radius 1 is 1.32 bits per heavy atom. The van der Waals surface area contributed by atoms with Gasteiger partial charge in [-0.05, 0) is 12.1 Å². The lowest BCUT2D eigenvalue weighted by Gasteiger charge is -2.09. The number of rotatable bonds is 4. The molecule has 102 valence electrons. The summed E-state index contributed by atoms with van der Waals surface area (Å²) in [5.74, 6) is -1.38. The summed E-state index contributed by atoms with van der Waals surface area (Å²) in [6.07, 6.45) is 0. The minimum absolute atomic E-state index is 0.114. The summed E-state index contributed by atoms with van der Waals surface area (Å²) in [5, 5.41) is 1.76. The number of benzene rings is 1. The van der Waals surface area contributed by atoms with E-state index in [0.29, 0.717) is 5.69 Å². The van der Waals surface area contributed by atoms with Crippen molar-refractivity contribution < 1.29 is 23.9 Å². The molecular formula is C11H13N3O5. The molecule has 0 fully saturated rings. The van der Waals surface area contributed by atoms with Gasteiger partial charge in [0.15, 0.2) is 6.61 Å². The molecule has 0 heterocycles. The molecule has 1 rings (SSSR count). The molecule has 1 aromatic rings. The number of carbonyl (C=O) groups is 3. The van der Waals surface area contributed by atoms with E-state index in [4.69, 9.17) is 20.9 Å². The van der Waals surface area contributed by atoms with E-state index in [1.165, 1.54) is 25.3 Å². The van der Waals surface area contributed by atoms with Gasteiger partial charge < -0.3 is 20.9 Å².